The van der Waals surface area contributed by atoms with Crippen LogP contribution >= 0.6 is 0 Å². The van der Waals surface area contributed by atoms with Gasteiger partial charge in [-0.15, -0.1) is 0 Å². The van der Waals surface area contributed by atoms with Crippen molar-refractivity contribution in [1.29, 1.82) is 0 Å². The van der Waals surface area contributed by atoms with E-state index in [-0.39, 0.29) is 18.1 Å². The second-order valence-corrected chi connectivity index (χ2v) is 5.60. The summed E-state index contributed by atoms with van der Waals surface area (Å²) in [7, 11) is 0. The predicted octanol–water partition coefficient (Wildman–Crippen LogP) is 2.16. The molecule has 0 saturated heterocycles. The molecule has 0 radical (unpaired) electrons. The molecule has 1 saturated carbocycles. The summed E-state index contributed by atoms with van der Waals surface area (Å²) in [5.41, 5.74) is 6.14. The third-order valence-corrected chi connectivity index (χ3v) is 3.95. The van der Waals surface area contributed by atoms with Gasteiger partial charge in [-0.3, -0.25) is 0 Å². The maximum Gasteiger partial charge on any atom is 0.0497 e. The summed E-state index contributed by atoms with van der Waals surface area (Å²) in [5, 5.41) is 9.30. The Hall–Kier alpha value is -0.0800. The van der Waals surface area contributed by atoms with Crippen molar-refractivity contribution >= 4 is 0 Å². The van der Waals surface area contributed by atoms with Crippen molar-refractivity contribution in [1.82, 2.24) is 0 Å². The first-order chi connectivity index (χ1) is 6.49. The number of aliphatic hydroxyl groups excluding tert-OH is 1. The molecule has 0 aromatic heterocycles. The summed E-state index contributed by atoms with van der Waals surface area (Å²) in [6, 6.07) is 0.141. The zero-order valence-electron chi connectivity index (χ0n) is 9.79. The Morgan fingerprint density at radius 3 is 2.43 bits per heavy atom. The lowest BCUT2D eigenvalue weighted by Crippen LogP contribution is -2.48. The third-order valence-electron chi connectivity index (χ3n) is 3.95. The van der Waals surface area contributed by atoms with Gasteiger partial charge in [-0.1, -0.05) is 40.0 Å². The third kappa shape index (κ3) is 2.48. The largest absolute Gasteiger partial charge is 0.396 e. The van der Waals surface area contributed by atoms with Gasteiger partial charge in [0.1, 0.15) is 0 Å². The Bertz CT molecular complexity index is 179. The van der Waals surface area contributed by atoms with E-state index in [9.17, 15) is 5.11 Å². The molecular formula is C12H25NO. The van der Waals surface area contributed by atoms with E-state index in [1.165, 1.54) is 25.7 Å². The summed E-state index contributed by atoms with van der Waals surface area (Å²) in [6.07, 6.45) is 5.21. The lowest BCUT2D eigenvalue weighted by molar-refractivity contribution is 0.0738. The van der Waals surface area contributed by atoms with Crippen LogP contribution in [0.5, 0.6) is 0 Å². The zero-order chi connectivity index (χ0) is 10.8. The molecule has 0 aromatic carbocycles. The van der Waals surface area contributed by atoms with E-state index in [4.69, 9.17) is 5.73 Å². The van der Waals surface area contributed by atoms with E-state index in [2.05, 4.69) is 20.8 Å². The van der Waals surface area contributed by atoms with Gasteiger partial charge < -0.3 is 10.8 Å². The normalized spacial score (nSPS) is 31.5. The van der Waals surface area contributed by atoms with Gasteiger partial charge >= 0.3 is 0 Å². The summed E-state index contributed by atoms with van der Waals surface area (Å²) in [4.78, 5) is 0. The van der Waals surface area contributed by atoms with E-state index in [1.807, 2.05) is 0 Å². The first-order valence-corrected chi connectivity index (χ1v) is 5.85. The molecule has 0 aliphatic heterocycles. The molecule has 84 valence electrons. The van der Waals surface area contributed by atoms with E-state index < -0.39 is 0 Å². The van der Waals surface area contributed by atoms with E-state index in [0.717, 1.165) is 5.92 Å². The molecule has 0 bridgehead atoms. The van der Waals surface area contributed by atoms with E-state index in [1.54, 1.807) is 0 Å². The fraction of sp³-hybridized carbons (Fsp3) is 1.00. The second kappa shape index (κ2) is 4.63. The average molecular weight is 199 g/mol. The van der Waals surface area contributed by atoms with Crippen molar-refractivity contribution in [3.05, 3.63) is 0 Å². The Kier molecular flexibility index (Phi) is 3.96. The molecule has 0 heterocycles. The number of hydrogen-bond acceptors (Lipinski definition) is 2. The molecule has 1 aliphatic carbocycles. The number of hydrogen-bond donors (Lipinski definition) is 2. The van der Waals surface area contributed by atoms with Crippen molar-refractivity contribution in [2.24, 2.45) is 23.0 Å². The van der Waals surface area contributed by atoms with Crippen LogP contribution in [0.3, 0.4) is 0 Å². The van der Waals surface area contributed by atoms with Crippen molar-refractivity contribution in [3.63, 3.8) is 0 Å². The predicted molar refractivity (Wildman–Crippen MR) is 60.0 cm³/mol. The van der Waals surface area contributed by atoms with Crippen LogP contribution < -0.4 is 5.73 Å². The molecule has 14 heavy (non-hydrogen) atoms. The highest BCUT2D eigenvalue weighted by Crippen LogP contribution is 2.36. The van der Waals surface area contributed by atoms with Crippen LogP contribution in [-0.4, -0.2) is 17.8 Å². The van der Waals surface area contributed by atoms with Gasteiger partial charge in [0, 0.05) is 18.1 Å². The smallest absolute Gasteiger partial charge is 0.0497 e. The van der Waals surface area contributed by atoms with Gasteiger partial charge in [-0.25, -0.2) is 0 Å². The van der Waals surface area contributed by atoms with Crippen molar-refractivity contribution < 1.29 is 5.11 Å². The van der Waals surface area contributed by atoms with E-state index >= 15 is 0 Å². The first kappa shape index (κ1) is 12.0. The average Bonchev–Trinajstić information content (AvgIpc) is 2.17. The summed E-state index contributed by atoms with van der Waals surface area (Å²) < 4.78 is 0. The fourth-order valence-electron chi connectivity index (χ4n) is 2.56. The Morgan fingerprint density at radius 2 is 1.93 bits per heavy atom. The highest BCUT2D eigenvalue weighted by atomic mass is 16.3. The minimum atomic E-state index is -0.129. The van der Waals surface area contributed by atoms with Crippen molar-refractivity contribution in [2.75, 3.05) is 6.61 Å². The SMILES string of the molecule is CC1CCCCC1C(N)C(C)(C)CO. The number of aliphatic hydroxyl groups is 1. The number of nitrogens with two attached hydrogens (primary N) is 1. The van der Waals surface area contributed by atoms with Crippen LogP contribution in [0.15, 0.2) is 0 Å². The maximum atomic E-state index is 9.30. The standard InChI is InChI=1S/C12H25NO/c1-9-6-4-5-7-10(9)11(13)12(2,3)8-14/h9-11,14H,4-8,13H2,1-3H3. The zero-order valence-corrected chi connectivity index (χ0v) is 9.79. The molecule has 1 rings (SSSR count). The molecule has 0 aromatic rings. The summed E-state index contributed by atoms with van der Waals surface area (Å²) in [5.74, 6) is 1.33. The molecule has 1 aliphatic rings. The van der Waals surface area contributed by atoms with Gasteiger partial charge in [-0.2, -0.15) is 0 Å². The minimum Gasteiger partial charge on any atom is -0.396 e. The van der Waals surface area contributed by atoms with Crippen LogP contribution in [0.4, 0.5) is 0 Å². The molecule has 0 spiro atoms. The summed E-state index contributed by atoms with van der Waals surface area (Å²) >= 11 is 0. The highest BCUT2D eigenvalue weighted by Gasteiger charge is 2.35. The minimum absolute atomic E-state index is 0.129. The van der Waals surface area contributed by atoms with Gasteiger partial charge in [-0.05, 0) is 18.3 Å². The Labute approximate surface area is 87.9 Å². The van der Waals surface area contributed by atoms with Crippen molar-refractivity contribution in [3.8, 4) is 0 Å². The number of rotatable bonds is 3. The van der Waals surface area contributed by atoms with Crippen LogP contribution in [0.1, 0.15) is 46.5 Å². The molecule has 2 heteroatoms. The molecule has 3 N–H and O–H groups in total. The monoisotopic (exact) mass is 199 g/mol. The molecule has 2 nitrogen and oxygen atoms in total. The lowest BCUT2D eigenvalue weighted by Gasteiger charge is -2.41. The van der Waals surface area contributed by atoms with Gasteiger partial charge in [0.25, 0.3) is 0 Å². The second-order valence-electron chi connectivity index (χ2n) is 5.60. The van der Waals surface area contributed by atoms with Crippen LogP contribution in [0.2, 0.25) is 0 Å². The molecular weight excluding hydrogens is 174 g/mol. The van der Waals surface area contributed by atoms with Gasteiger partial charge in [0.2, 0.25) is 0 Å². The Balaban J connectivity index is 2.62. The topological polar surface area (TPSA) is 46.2 Å². The molecule has 3 unspecified atom stereocenters. The van der Waals surface area contributed by atoms with E-state index in [0.29, 0.717) is 5.92 Å². The quantitative estimate of drug-likeness (QED) is 0.731. The first-order valence-electron chi connectivity index (χ1n) is 5.85. The molecule has 3 atom stereocenters. The highest BCUT2D eigenvalue weighted by molar-refractivity contribution is 4.90. The molecule has 1 fully saturated rings. The van der Waals surface area contributed by atoms with Crippen LogP contribution in [0.25, 0.3) is 0 Å². The fourth-order valence-corrected chi connectivity index (χ4v) is 2.56. The van der Waals surface area contributed by atoms with Crippen LogP contribution in [-0.2, 0) is 0 Å². The van der Waals surface area contributed by atoms with Crippen molar-refractivity contribution in [2.45, 2.75) is 52.5 Å². The molecule has 0 amide bonds. The summed E-state index contributed by atoms with van der Waals surface area (Å²) in [6.45, 7) is 6.63. The van der Waals surface area contributed by atoms with Gasteiger partial charge in [0.15, 0.2) is 0 Å². The van der Waals surface area contributed by atoms with Gasteiger partial charge in [0.05, 0.1) is 0 Å². The Morgan fingerprint density at radius 1 is 1.36 bits per heavy atom. The van der Waals surface area contributed by atoms with Crippen LogP contribution in [0, 0.1) is 17.3 Å². The lowest BCUT2D eigenvalue weighted by atomic mass is 9.68. The maximum absolute atomic E-state index is 9.30.